The molecule has 6 heteroatoms. The van der Waals surface area contributed by atoms with Crippen LogP contribution in [0.5, 0.6) is 0 Å². The molecule has 1 aromatic heterocycles. The average molecular weight is 341 g/mol. The Labute approximate surface area is 145 Å². The molecule has 122 valence electrons. The summed E-state index contributed by atoms with van der Waals surface area (Å²) in [6.07, 6.45) is 2.28. The van der Waals surface area contributed by atoms with Crippen molar-refractivity contribution in [1.29, 1.82) is 5.26 Å². The van der Waals surface area contributed by atoms with E-state index >= 15 is 0 Å². The van der Waals surface area contributed by atoms with E-state index in [1.807, 2.05) is 37.4 Å². The minimum atomic E-state index is -0.223. The lowest BCUT2D eigenvalue weighted by Crippen LogP contribution is -2.39. The zero-order valence-electron chi connectivity index (χ0n) is 13.2. The summed E-state index contributed by atoms with van der Waals surface area (Å²) >= 11 is 5.97. The number of likely N-dealkylation sites (N-methyl/N-ethyl adjacent to an activating group) is 1. The third-order valence-corrected chi connectivity index (χ3v) is 4.55. The molecule has 0 aliphatic carbocycles. The van der Waals surface area contributed by atoms with Gasteiger partial charge in [-0.2, -0.15) is 5.26 Å². The van der Waals surface area contributed by atoms with Crippen LogP contribution in [0.3, 0.4) is 0 Å². The topological polar surface area (TPSA) is 69.0 Å². The van der Waals surface area contributed by atoms with Crippen LogP contribution in [0, 0.1) is 11.3 Å². The molecular formula is C18H17ClN4O. The lowest BCUT2D eigenvalue weighted by Gasteiger charge is -2.26. The number of pyridine rings is 1. The Hall–Kier alpha value is -2.42. The normalized spacial score (nSPS) is 20.5. The highest BCUT2D eigenvalue weighted by atomic mass is 35.5. The third kappa shape index (κ3) is 3.40. The number of hydrogen-bond donors (Lipinski definition) is 1. The van der Waals surface area contributed by atoms with Gasteiger partial charge in [0.2, 0.25) is 0 Å². The second-order valence-corrected chi connectivity index (χ2v) is 6.33. The number of amides is 1. The number of hydrogen-bond acceptors (Lipinski definition) is 4. The highest BCUT2D eigenvalue weighted by Gasteiger charge is 2.34. The maximum atomic E-state index is 12.4. The number of nitriles is 1. The molecule has 1 aromatic carbocycles. The number of rotatable bonds is 3. The smallest absolute Gasteiger partial charge is 0.270 e. The van der Waals surface area contributed by atoms with Gasteiger partial charge < -0.3 is 5.32 Å². The summed E-state index contributed by atoms with van der Waals surface area (Å²) in [5.74, 6) is -0.223. The first-order valence-corrected chi connectivity index (χ1v) is 8.09. The van der Waals surface area contributed by atoms with Crippen LogP contribution in [-0.4, -0.2) is 35.4 Å². The van der Waals surface area contributed by atoms with Crippen LogP contribution in [-0.2, 0) is 0 Å². The molecule has 1 saturated heterocycles. The van der Waals surface area contributed by atoms with E-state index in [2.05, 4.69) is 15.2 Å². The number of carbonyl (C=O) groups is 1. The van der Waals surface area contributed by atoms with Crippen LogP contribution in [0.4, 0.5) is 0 Å². The summed E-state index contributed by atoms with van der Waals surface area (Å²) in [4.78, 5) is 18.7. The number of nitrogens with one attached hydrogen (secondary N) is 1. The molecule has 5 nitrogen and oxygen atoms in total. The largest absolute Gasteiger partial charge is 0.346 e. The van der Waals surface area contributed by atoms with Gasteiger partial charge >= 0.3 is 0 Å². The van der Waals surface area contributed by atoms with E-state index in [1.54, 1.807) is 12.1 Å². The summed E-state index contributed by atoms with van der Waals surface area (Å²) in [5, 5.41) is 12.6. The monoisotopic (exact) mass is 340 g/mol. The summed E-state index contributed by atoms with van der Waals surface area (Å²) in [6, 6.07) is 13.0. The number of halogens is 1. The number of likely N-dealkylation sites (tertiary alicyclic amines) is 1. The SMILES string of the molecule is CN1CCC(NC(=O)c2ccc(C#N)cn2)C1c1ccc(Cl)cc1. The summed E-state index contributed by atoms with van der Waals surface area (Å²) in [5.41, 5.74) is 1.88. The van der Waals surface area contributed by atoms with Crippen molar-refractivity contribution in [3.63, 3.8) is 0 Å². The van der Waals surface area contributed by atoms with Crippen molar-refractivity contribution >= 4 is 17.5 Å². The first-order chi connectivity index (χ1) is 11.6. The Morgan fingerprint density at radius 2 is 2.08 bits per heavy atom. The first-order valence-electron chi connectivity index (χ1n) is 7.71. The fourth-order valence-electron chi connectivity index (χ4n) is 3.08. The van der Waals surface area contributed by atoms with Crippen molar-refractivity contribution < 1.29 is 4.79 Å². The Kier molecular flexibility index (Phi) is 4.79. The molecule has 0 spiro atoms. The first kappa shape index (κ1) is 16.4. The van der Waals surface area contributed by atoms with Crippen LogP contribution >= 0.6 is 11.6 Å². The quantitative estimate of drug-likeness (QED) is 0.932. The van der Waals surface area contributed by atoms with Crippen molar-refractivity contribution in [2.75, 3.05) is 13.6 Å². The molecule has 0 bridgehead atoms. The molecule has 0 radical (unpaired) electrons. The fourth-order valence-corrected chi connectivity index (χ4v) is 3.21. The Bertz CT molecular complexity index is 767. The molecular weight excluding hydrogens is 324 g/mol. The highest BCUT2D eigenvalue weighted by Crippen LogP contribution is 2.31. The molecule has 2 atom stereocenters. The van der Waals surface area contributed by atoms with Crippen molar-refractivity contribution in [3.8, 4) is 6.07 Å². The van der Waals surface area contributed by atoms with Crippen molar-refractivity contribution in [2.24, 2.45) is 0 Å². The molecule has 3 rings (SSSR count). The summed E-state index contributed by atoms with van der Waals surface area (Å²) in [7, 11) is 2.05. The van der Waals surface area contributed by atoms with Crippen molar-refractivity contribution in [2.45, 2.75) is 18.5 Å². The van der Waals surface area contributed by atoms with Gasteiger partial charge in [-0.15, -0.1) is 0 Å². The molecule has 24 heavy (non-hydrogen) atoms. The lowest BCUT2D eigenvalue weighted by molar-refractivity contribution is 0.0922. The number of nitrogens with zero attached hydrogens (tertiary/aromatic N) is 3. The number of benzene rings is 1. The fraction of sp³-hybridized carbons (Fsp3) is 0.278. The Morgan fingerprint density at radius 1 is 1.33 bits per heavy atom. The summed E-state index contributed by atoms with van der Waals surface area (Å²) < 4.78 is 0. The van der Waals surface area contributed by atoms with Gasteiger partial charge in [-0.1, -0.05) is 23.7 Å². The maximum Gasteiger partial charge on any atom is 0.270 e. The van der Waals surface area contributed by atoms with Gasteiger partial charge in [-0.25, -0.2) is 4.98 Å². The van der Waals surface area contributed by atoms with Crippen molar-refractivity contribution in [3.05, 3.63) is 64.4 Å². The van der Waals surface area contributed by atoms with Gasteiger partial charge in [0.15, 0.2) is 0 Å². The Balaban J connectivity index is 1.76. The van der Waals surface area contributed by atoms with Crippen LogP contribution in [0.1, 0.15) is 34.1 Å². The van der Waals surface area contributed by atoms with E-state index in [4.69, 9.17) is 16.9 Å². The molecule has 1 fully saturated rings. The second kappa shape index (κ2) is 7.00. The predicted octanol–water partition coefficient (Wildman–Crippen LogP) is 2.78. The zero-order chi connectivity index (χ0) is 17.1. The third-order valence-electron chi connectivity index (χ3n) is 4.30. The van der Waals surface area contributed by atoms with Gasteiger partial charge in [-0.3, -0.25) is 9.69 Å². The minimum absolute atomic E-state index is 0.00104. The van der Waals surface area contributed by atoms with Crippen molar-refractivity contribution in [1.82, 2.24) is 15.2 Å². The number of aromatic nitrogens is 1. The lowest BCUT2D eigenvalue weighted by atomic mass is 10.00. The van der Waals surface area contributed by atoms with Gasteiger partial charge in [0, 0.05) is 17.8 Å². The maximum absolute atomic E-state index is 12.4. The van der Waals surface area contributed by atoms with E-state index in [1.165, 1.54) is 6.20 Å². The molecule has 2 aromatic rings. The van der Waals surface area contributed by atoms with E-state index in [0.717, 1.165) is 18.5 Å². The Morgan fingerprint density at radius 3 is 2.71 bits per heavy atom. The van der Waals surface area contributed by atoms with E-state index in [-0.39, 0.29) is 18.0 Å². The van der Waals surface area contributed by atoms with E-state index in [0.29, 0.717) is 16.3 Å². The van der Waals surface area contributed by atoms with Crippen LogP contribution < -0.4 is 5.32 Å². The van der Waals surface area contributed by atoms with Gasteiger partial charge in [0.05, 0.1) is 17.6 Å². The molecule has 1 amide bonds. The molecule has 1 aliphatic rings. The van der Waals surface area contributed by atoms with Gasteiger partial charge in [0.1, 0.15) is 11.8 Å². The standard InChI is InChI=1S/C18H17ClN4O/c1-23-9-8-15(17(23)13-3-5-14(19)6-4-13)22-18(24)16-7-2-12(10-20)11-21-16/h2-7,11,15,17H,8-9H2,1H3,(H,22,24). The van der Waals surface area contributed by atoms with E-state index in [9.17, 15) is 4.79 Å². The summed E-state index contributed by atoms with van der Waals surface area (Å²) in [6.45, 7) is 0.902. The second-order valence-electron chi connectivity index (χ2n) is 5.89. The molecule has 1 N–H and O–H groups in total. The molecule has 2 heterocycles. The average Bonchev–Trinajstić information content (AvgIpc) is 2.96. The molecule has 1 aliphatic heterocycles. The van der Waals surface area contributed by atoms with Crippen LogP contribution in [0.25, 0.3) is 0 Å². The van der Waals surface area contributed by atoms with Crippen LogP contribution in [0.15, 0.2) is 42.6 Å². The zero-order valence-corrected chi connectivity index (χ0v) is 14.0. The molecule has 0 saturated carbocycles. The molecule has 2 unspecified atom stereocenters. The predicted molar refractivity (Wildman–Crippen MR) is 91.6 cm³/mol. The van der Waals surface area contributed by atoms with Gasteiger partial charge in [0.25, 0.3) is 5.91 Å². The minimum Gasteiger partial charge on any atom is -0.346 e. The van der Waals surface area contributed by atoms with Crippen LogP contribution in [0.2, 0.25) is 5.02 Å². The number of carbonyl (C=O) groups excluding carboxylic acids is 1. The highest BCUT2D eigenvalue weighted by molar-refractivity contribution is 6.30. The van der Waals surface area contributed by atoms with Gasteiger partial charge in [-0.05, 0) is 43.3 Å². The van der Waals surface area contributed by atoms with E-state index < -0.39 is 0 Å².